The Kier molecular flexibility index (Phi) is 10.4. The molecule has 0 amide bonds. The number of rotatable bonds is 10. The van der Waals surface area contributed by atoms with Crippen LogP contribution >= 0.6 is 0 Å². The molecule has 1 spiro atoms. The van der Waals surface area contributed by atoms with Crippen LogP contribution in [0.4, 0.5) is 0 Å². The summed E-state index contributed by atoms with van der Waals surface area (Å²) in [5.74, 6) is 1.93. The summed E-state index contributed by atoms with van der Waals surface area (Å²) in [4.78, 5) is 0. The minimum Gasteiger partial charge on any atom is -0.125 e. The summed E-state index contributed by atoms with van der Waals surface area (Å²) in [5.41, 5.74) is 12.3. The molecule has 1 aromatic carbocycles. The molecule has 0 nitrogen and oxygen atoms in total. The summed E-state index contributed by atoms with van der Waals surface area (Å²) in [6.45, 7) is 19.7. The summed E-state index contributed by atoms with van der Waals surface area (Å²) >= 11 is 0. The Morgan fingerprint density at radius 1 is 1.08 bits per heavy atom. The van der Waals surface area contributed by atoms with Gasteiger partial charge in [-0.15, -0.1) is 5.73 Å². The molecule has 0 heteroatoms. The van der Waals surface area contributed by atoms with Crippen molar-refractivity contribution in [2.45, 2.75) is 98.8 Å². The Bertz CT molecular complexity index is 1030. The minimum atomic E-state index is 0.548. The monoisotopic (exact) mass is 482 g/mol. The van der Waals surface area contributed by atoms with Gasteiger partial charge < -0.3 is 0 Å². The lowest BCUT2D eigenvalue weighted by molar-refractivity contribution is 0.165. The zero-order valence-electron chi connectivity index (χ0n) is 23.8. The van der Waals surface area contributed by atoms with E-state index >= 15 is 0 Å². The first-order valence-corrected chi connectivity index (χ1v) is 14.5. The fraction of sp³-hybridized carbons (Fsp3) is 0.528. The maximum Gasteiger partial charge on any atom is -0.00354 e. The van der Waals surface area contributed by atoms with Crippen molar-refractivity contribution in [3.05, 3.63) is 101 Å². The largest absolute Gasteiger partial charge is 0.125 e. The quantitative estimate of drug-likeness (QED) is 0.177. The van der Waals surface area contributed by atoms with Crippen LogP contribution in [0, 0.1) is 30.1 Å². The molecule has 2 aliphatic carbocycles. The molecule has 2 unspecified atom stereocenters. The highest BCUT2D eigenvalue weighted by molar-refractivity contribution is 5.35. The summed E-state index contributed by atoms with van der Waals surface area (Å²) < 4.78 is 0. The number of hydrogen-bond acceptors (Lipinski definition) is 0. The first kappa shape index (κ1) is 28.3. The molecule has 2 aliphatic rings. The molecule has 1 aromatic rings. The third kappa shape index (κ3) is 7.14. The number of hydrogen-bond donors (Lipinski definition) is 0. The number of benzene rings is 1. The van der Waals surface area contributed by atoms with Crippen molar-refractivity contribution in [3.8, 4) is 0 Å². The van der Waals surface area contributed by atoms with Crippen molar-refractivity contribution in [3.63, 3.8) is 0 Å². The fourth-order valence-corrected chi connectivity index (χ4v) is 6.72. The first-order chi connectivity index (χ1) is 17.3. The molecule has 2 fully saturated rings. The Labute approximate surface area is 222 Å². The molecular weight excluding hydrogens is 432 g/mol. The molecule has 0 bridgehead atoms. The number of aryl methyl sites for hydroxylation is 3. The van der Waals surface area contributed by atoms with E-state index < -0.39 is 0 Å². The molecule has 3 rings (SSSR count). The molecule has 0 aromatic heterocycles. The highest BCUT2D eigenvalue weighted by Crippen LogP contribution is 2.55. The van der Waals surface area contributed by atoms with Crippen molar-refractivity contribution < 1.29 is 0 Å². The fourth-order valence-electron chi connectivity index (χ4n) is 6.72. The van der Waals surface area contributed by atoms with Gasteiger partial charge in [0.25, 0.3) is 0 Å². The predicted octanol–water partition coefficient (Wildman–Crippen LogP) is 10.4. The summed E-state index contributed by atoms with van der Waals surface area (Å²) in [6.07, 6.45) is 23.7. The summed E-state index contributed by atoms with van der Waals surface area (Å²) in [6, 6.07) is 7.05. The third-order valence-electron chi connectivity index (χ3n) is 9.36. The lowest BCUT2D eigenvalue weighted by atomic mass is 9.67. The van der Waals surface area contributed by atoms with Gasteiger partial charge in [0.15, 0.2) is 0 Å². The Morgan fingerprint density at radius 3 is 2.39 bits per heavy atom. The standard InChI is InChI=1S/C36H50/c1-8-12-30(9-2)17-18-32(10-3)34-19-22-36(23-20-34)24-21-35(26-36)29(7)27(5)13-15-31-16-14-28(6)33(11-4)25-31/h8-9,12,14,16-18,25,27,34-35H,3,7,11,13,15,19-24,26H2,1-2,4-6H3/b12-8-,18-17+,30-9+. The maximum absolute atomic E-state index is 4.65. The van der Waals surface area contributed by atoms with Crippen molar-refractivity contribution in [2.24, 2.45) is 23.2 Å². The average Bonchev–Trinajstić information content (AvgIpc) is 3.31. The van der Waals surface area contributed by atoms with Crippen molar-refractivity contribution >= 4 is 0 Å². The van der Waals surface area contributed by atoms with Crippen molar-refractivity contribution in [1.29, 1.82) is 0 Å². The Hall–Kier alpha value is -2.30. The zero-order chi connectivity index (χ0) is 26.1. The molecule has 0 heterocycles. The molecule has 194 valence electrons. The molecule has 36 heavy (non-hydrogen) atoms. The van der Waals surface area contributed by atoms with Gasteiger partial charge in [-0.25, -0.2) is 0 Å². The third-order valence-corrected chi connectivity index (χ3v) is 9.36. The second kappa shape index (κ2) is 13.3. The van der Waals surface area contributed by atoms with Gasteiger partial charge in [-0.1, -0.05) is 81.2 Å². The zero-order valence-corrected chi connectivity index (χ0v) is 23.8. The molecule has 0 saturated heterocycles. The van der Waals surface area contributed by atoms with E-state index in [2.05, 4.69) is 102 Å². The van der Waals surface area contributed by atoms with Crippen LogP contribution < -0.4 is 0 Å². The smallest absolute Gasteiger partial charge is 0.00354 e. The molecule has 2 saturated carbocycles. The molecule has 0 radical (unpaired) electrons. The van der Waals surface area contributed by atoms with Gasteiger partial charge in [0, 0.05) is 0 Å². The van der Waals surface area contributed by atoms with Crippen LogP contribution in [-0.4, -0.2) is 0 Å². The second-order valence-electron chi connectivity index (χ2n) is 11.6. The van der Waals surface area contributed by atoms with Crippen molar-refractivity contribution in [2.75, 3.05) is 0 Å². The first-order valence-electron chi connectivity index (χ1n) is 14.5. The normalized spacial score (nSPS) is 25.5. The highest BCUT2D eigenvalue weighted by atomic mass is 14.5. The summed E-state index contributed by atoms with van der Waals surface area (Å²) in [7, 11) is 0. The highest BCUT2D eigenvalue weighted by Gasteiger charge is 2.43. The lowest BCUT2D eigenvalue weighted by Gasteiger charge is -2.38. The lowest BCUT2D eigenvalue weighted by Crippen LogP contribution is -2.26. The molecule has 0 N–H and O–H groups in total. The number of allylic oxidation sites excluding steroid dienone is 8. The van der Waals surface area contributed by atoms with Crippen LogP contribution in [-0.2, 0) is 12.8 Å². The van der Waals surface area contributed by atoms with E-state index in [-0.39, 0.29) is 0 Å². The Morgan fingerprint density at radius 2 is 1.78 bits per heavy atom. The van der Waals surface area contributed by atoms with Crippen LogP contribution in [0.15, 0.2) is 84.2 Å². The molecule has 2 atom stereocenters. The van der Waals surface area contributed by atoms with Gasteiger partial charge in [0.2, 0.25) is 0 Å². The van der Waals surface area contributed by atoms with E-state index in [1.807, 2.05) is 0 Å². The Balaban J connectivity index is 1.51. The van der Waals surface area contributed by atoms with Crippen LogP contribution in [0.5, 0.6) is 0 Å². The van der Waals surface area contributed by atoms with E-state index in [1.54, 1.807) is 0 Å². The van der Waals surface area contributed by atoms with Gasteiger partial charge in [0.1, 0.15) is 0 Å². The maximum atomic E-state index is 4.65. The van der Waals surface area contributed by atoms with Gasteiger partial charge in [-0.2, -0.15) is 0 Å². The van der Waals surface area contributed by atoms with Crippen LogP contribution in [0.1, 0.15) is 95.8 Å². The van der Waals surface area contributed by atoms with Gasteiger partial charge in [-0.05, 0) is 136 Å². The van der Waals surface area contributed by atoms with Gasteiger partial charge in [-0.3, -0.25) is 0 Å². The van der Waals surface area contributed by atoms with Gasteiger partial charge in [0.05, 0.1) is 0 Å². The van der Waals surface area contributed by atoms with E-state index in [9.17, 15) is 0 Å². The molecular formula is C36H50. The molecule has 0 aliphatic heterocycles. The van der Waals surface area contributed by atoms with Crippen molar-refractivity contribution in [1.82, 2.24) is 0 Å². The topological polar surface area (TPSA) is 0 Å². The van der Waals surface area contributed by atoms with Crippen LogP contribution in [0.2, 0.25) is 0 Å². The van der Waals surface area contributed by atoms with Gasteiger partial charge >= 0.3 is 0 Å². The average molecular weight is 483 g/mol. The second-order valence-corrected chi connectivity index (χ2v) is 11.6. The SMILES string of the molecule is C=C=C(/C=C/C(/C=C\C)=C/C)C1CCC2(CCC(C(=C)C(C)CCc3ccc(C)c(CC)c3)C2)CC1. The van der Waals surface area contributed by atoms with E-state index in [4.69, 9.17) is 0 Å². The van der Waals surface area contributed by atoms with E-state index in [0.29, 0.717) is 23.2 Å². The summed E-state index contributed by atoms with van der Waals surface area (Å²) in [5, 5.41) is 0. The van der Waals surface area contributed by atoms with Crippen LogP contribution in [0.25, 0.3) is 0 Å². The predicted molar refractivity (Wildman–Crippen MR) is 159 cm³/mol. The van der Waals surface area contributed by atoms with E-state index in [1.165, 1.54) is 91.2 Å². The van der Waals surface area contributed by atoms with Crippen LogP contribution in [0.3, 0.4) is 0 Å². The van der Waals surface area contributed by atoms with E-state index in [0.717, 1.165) is 6.42 Å². The minimum absolute atomic E-state index is 0.548.